The summed E-state index contributed by atoms with van der Waals surface area (Å²) < 4.78 is 1.42. The Bertz CT molecular complexity index is 1550. The second kappa shape index (κ2) is 9.02. The van der Waals surface area contributed by atoms with Crippen LogP contribution in [0, 0.1) is 6.92 Å². The second-order valence-corrected chi connectivity index (χ2v) is 9.21. The van der Waals surface area contributed by atoms with E-state index in [0.29, 0.717) is 22.6 Å². The molecule has 2 aromatic heterocycles. The van der Waals surface area contributed by atoms with E-state index in [-0.39, 0.29) is 27.8 Å². The highest BCUT2D eigenvalue weighted by molar-refractivity contribution is 5.89. The zero-order chi connectivity index (χ0) is 25.3. The highest BCUT2D eigenvalue weighted by Crippen LogP contribution is 2.25. The lowest BCUT2D eigenvalue weighted by Gasteiger charge is -2.19. The number of nitrogens with one attached hydrogen (secondary N) is 2. The predicted molar refractivity (Wildman–Crippen MR) is 133 cm³/mol. The molecule has 9 nitrogen and oxygen atoms in total. The molecule has 0 aliphatic rings. The largest absolute Gasteiger partial charge is 0.478 e. The molecule has 4 aromatic rings. The molecule has 2 aromatic carbocycles. The Morgan fingerprint density at radius 2 is 1.71 bits per heavy atom. The van der Waals surface area contributed by atoms with Crippen LogP contribution >= 0.6 is 0 Å². The number of carbonyl (C=O) groups is 1. The summed E-state index contributed by atoms with van der Waals surface area (Å²) in [5.41, 5.74) is 2.85. The van der Waals surface area contributed by atoms with Gasteiger partial charge in [-0.2, -0.15) is 5.11 Å². The molecule has 0 aliphatic heterocycles. The van der Waals surface area contributed by atoms with Crippen LogP contribution in [0.5, 0.6) is 0 Å². The number of hydrogen-bond donors (Lipinski definition) is 3. The van der Waals surface area contributed by atoms with Crippen LogP contribution in [-0.2, 0) is 5.41 Å². The van der Waals surface area contributed by atoms with E-state index in [9.17, 15) is 19.5 Å². The van der Waals surface area contributed by atoms with Gasteiger partial charge in [0.2, 0.25) is 0 Å². The first-order valence-corrected chi connectivity index (χ1v) is 11.0. The first-order valence-electron chi connectivity index (χ1n) is 11.0. The summed E-state index contributed by atoms with van der Waals surface area (Å²) in [7, 11) is 0. The number of pyridine rings is 1. The van der Waals surface area contributed by atoms with Crippen LogP contribution in [0.2, 0.25) is 0 Å². The normalized spacial score (nSPS) is 11.8. The average Bonchev–Trinajstić information content (AvgIpc) is 3.10. The number of aromatic amines is 2. The third-order valence-corrected chi connectivity index (χ3v) is 5.60. The van der Waals surface area contributed by atoms with Crippen LogP contribution < -0.4 is 11.1 Å². The summed E-state index contributed by atoms with van der Waals surface area (Å²) in [6, 6.07) is 15.7. The van der Waals surface area contributed by atoms with Gasteiger partial charge in [-0.25, -0.2) is 9.48 Å². The van der Waals surface area contributed by atoms with Gasteiger partial charge in [-0.3, -0.25) is 14.7 Å². The highest BCUT2D eigenvalue weighted by Gasteiger charge is 2.16. The zero-order valence-electron chi connectivity index (χ0n) is 19.8. The molecule has 0 unspecified atom stereocenters. The lowest BCUT2D eigenvalue weighted by molar-refractivity contribution is 0.0696. The van der Waals surface area contributed by atoms with Crippen LogP contribution in [0.1, 0.15) is 42.4 Å². The van der Waals surface area contributed by atoms with Crippen molar-refractivity contribution in [3.05, 3.63) is 98.3 Å². The number of rotatable bonds is 5. The number of carboxylic acids is 1. The minimum Gasteiger partial charge on any atom is -0.478 e. The summed E-state index contributed by atoms with van der Waals surface area (Å²) in [5, 5.41) is 20.6. The molecule has 0 bridgehead atoms. The first kappa shape index (κ1) is 23.6. The first-order chi connectivity index (χ1) is 16.5. The number of aromatic nitrogens is 3. The van der Waals surface area contributed by atoms with E-state index in [4.69, 9.17) is 0 Å². The quantitative estimate of drug-likeness (QED) is 0.343. The third kappa shape index (κ3) is 4.89. The number of nitrogens with zero attached hydrogens (tertiary/aromatic N) is 3. The summed E-state index contributed by atoms with van der Waals surface area (Å²) in [6.45, 7) is 8.11. The van der Waals surface area contributed by atoms with Crippen molar-refractivity contribution in [1.29, 1.82) is 0 Å². The molecule has 0 amide bonds. The van der Waals surface area contributed by atoms with Crippen molar-refractivity contribution in [2.45, 2.75) is 33.1 Å². The molecule has 4 rings (SSSR count). The Balaban J connectivity index is 1.65. The molecule has 178 valence electrons. The van der Waals surface area contributed by atoms with Crippen molar-refractivity contribution in [3.8, 4) is 16.8 Å². The van der Waals surface area contributed by atoms with Crippen molar-refractivity contribution in [2.75, 3.05) is 0 Å². The molecule has 0 atom stereocenters. The van der Waals surface area contributed by atoms with E-state index in [1.807, 2.05) is 24.3 Å². The Morgan fingerprint density at radius 1 is 1.00 bits per heavy atom. The van der Waals surface area contributed by atoms with Gasteiger partial charge in [-0.05, 0) is 53.8 Å². The Morgan fingerprint density at radius 3 is 2.37 bits per heavy atom. The molecule has 0 saturated carbocycles. The van der Waals surface area contributed by atoms with Crippen molar-refractivity contribution in [2.24, 2.45) is 10.2 Å². The molecule has 0 saturated heterocycles. The van der Waals surface area contributed by atoms with Gasteiger partial charge >= 0.3 is 5.97 Å². The molecule has 9 heteroatoms. The second-order valence-electron chi connectivity index (χ2n) is 9.21. The van der Waals surface area contributed by atoms with Crippen LogP contribution in [-0.4, -0.2) is 25.8 Å². The van der Waals surface area contributed by atoms with E-state index in [2.05, 4.69) is 41.1 Å². The van der Waals surface area contributed by atoms with E-state index in [0.717, 1.165) is 11.8 Å². The molecule has 0 fully saturated rings. The van der Waals surface area contributed by atoms with Gasteiger partial charge in [0, 0.05) is 11.8 Å². The van der Waals surface area contributed by atoms with Crippen LogP contribution in [0.3, 0.4) is 0 Å². The van der Waals surface area contributed by atoms with Crippen LogP contribution in [0.4, 0.5) is 11.4 Å². The summed E-state index contributed by atoms with van der Waals surface area (Å²) in [5.74, 6) is -1.15. The third-order valence-electron chi connectivity index (χ3n) is 5.60. The molecular formula is C26H25N5O4. The summed E-state index contributed by atoms with van der Waals surface area (Å²) in [4.78, 5) is 38.9. The molecular weight excluding hydrogens is 446 g/mol. The van der Waals surface area contributed by atoms with E-state index < -0.39 is 11.5 Å². The number of aromatic carboxylic acids is 1. The van der Waals surface area contributed by atoms with Gasteiger partial charge in [0.1, 0.15) is 0 Å². The maximum atomic E-state index is 13.0. The fourth-order valence-corrected chi connectivity index (χ4v) is 3.61. The number of azo groups is 1. The van der Waals surface area contributed by atoms with E-state index >= 15 is 0 Å². The van der Waals surface area contributed by atoms with Gasteiger partial charge in [-0.15, -0.1) is 5.11 Å². The smallest absolute Gasteiger partial charge is 0.337 e. The Kier molecular flexibility index (Phi) is 6.09. The van der Waals surface area contributed by atoms with Crippen LogP contribution in [0.25, 0.3) is 16.8 Å². The van der Waals surface area contributed by atoms with Crippen molar-refractivity contribution in [3.63, 3.8) is 0 Å². The maximum Gasteiger partial charge on any atom is 0.337 e. The summed E-state index contributed by atoms with van der Waals surface area (Å²) >= 11 is 0. The standard InChI is InChI=1S/C26H25N5O4/c1-15-22(24(33)31(30-15)20-10-8-18(9-11-20)26(2,3)4)29-28-19-7-5-6-16(12-19)21-13-17(25(34)35)14-27-23(21)32/h5-14,30H,1-4H3,(H,27,32)(H,34,35). The molecule has 35 heavy (non-hydrogen) atoms. The zero-order valence-corrected chi connectivity index (χ0v) is 19.8. The van der Waals surface area contributed by atoms with Crippen LogP contribution in [0.15, 0.2) is 80.6 Å². The molecule has 2 heterocycles. The summed E-state index contributed by atoms with van der Waals surface area (Å²) in [6.07, 6.45) is 1.15. The average molecular weight is 472 g/mol. The van der Waals surface area contributed by atoms with Crippen molar-refractivity contribution >= 4 is 17.3 Å². The van der Waals surface area contributed by atoms with Gasteiger partial charge in [0.05, 0.1) is 22.6 Å². The fraction of sp³-hybridized carbons (Fsp3) is 0.192. The molecule has 0 aliphatic carbocycles. The number of benzene rings is 2. The van der Waals surface area contributed by atoms with Gasteiger partial charge in [-0.1, -0.05) is 45.0 Å². The lowest BCUT2D eigenvalue weighted by Crippen LogP contribution is -2.15. The van der Waals surface area contributed by atoms with E-state index in [1.54, 1.807) is 31.2 Å². The number of H-pyrrole nitrogens is 2. The molecule has 3 N–H and O–H groups in total. The van der Waals surface area contributed by atoms with Gasteiger partial charge < -0.3 is 10.1 Å². The monoisotopic (exact) mass is 471 g/mol. The Labute approximate surface area is 200 Å². The lowest BCUT2D eigenvalue weighted by atomic mass is 9.87. The SMILES string of the molecule is Cc1[nH]n(-c2ccc(C(C)(C)C)cc2)c(=O)c1N=Nc1cccc(-c2cc(C(=O)O)c[nH]c2=O)c1. The molecule has 0 radical (unpaired) electrons. The van der Waals surface area contributed by atoms with Crippen molar-refractivity contribution in [1.82, 2.24) is 14.8 Å². The predicted octanol–water partition coefficient (Wildman–Crippen LogP) is 5.24. The fourth-order valence-electron chi connectivity index (χ4n) is 3.61. The van der Waals surface area contributed by atoms with Gasteiger partial charge in [0.15, 0.2) is 5.69 Å². The topological polar surface area (TPSA) is 133 Å². The van der Waals surface area contributed by atoms with Gasteiger partial charge in [0.25, 0.3) is 11.1 Å². The number of carboxylic acid groups (broad SMARTS) is 1. The van der Waals surface area contributed by atoms with E-state index in [1.165, 1.54) is 10.7 Å². The minimum absolute atomic E-state index is 0.00286. The number of aryl methyl sites for hydroxylation is 1. The highest BCUT2D eigenvalue weighted by atomic mass is 16.4. The Hall–Kier alpha value is -4.53. The molecule has 0 spiro atoms. The van der Waals surface area contributed by atoms with Crippen molar-refractivity contribution < 1.29 is 9.90 Å². The minimum atomic E-state index is -1.15. The number of hydrogen-bond acceptors (Lipinski definition) is 5. The maximum absolute atomic E-state index is 13.0.